The van der Waals surface area contributed by atoms with Crippen molar-refractivity contribution < 1.29 is 4.39 Å². The van der Waals surface area contributed by atoms with E-state index < -0.39 is 0 Å². The van der Waals surface area contributed by atoms with E-state index in [9.17, 15) is 4.39 Å². The van der Waals surface area contributed by atoms with E-state index in [4.69, 9.17) is 10.7 Å². The number of hydrogen-bond donors (Lipinski definition) is 2. The van der Waals surface area contributed by atoms with Gasteiger partial charge in [0.1, 0.15) is 5.82 Å². The number of likely N-dealkylation sites (tertiary alicyclic amines) is 1. The molecule has 1 aromatic rings. The van der Waals surface area contributed by atoms with Crippen LogP contribution < -0.4 is 11.1 Å². The summed E-state index contributed by atoms with van der Waals surface area (Å²) in [6.45, 7) is 8.22. The number of anilines is 1. The summed E-state index contributed by atoms with van der Waals surface area (Å²) < 4.78 is 13.6. The zero-order chi connectivity index (χ0) is 19.2. The van der Waals surface area contributed by atoms with Crippen LogP contribution in [-0.2, 0) is 0 Å². The predicted molar refractivity (Wildman–Crippen MR) is 111 cm³/mol. The molecule has 2 aliphatic rings. The van der Waals surface area contributed by atoms with Gasteiger partial charge in [-0.25, -0.2) is 4.39 Å². The van der Waals surface area contributed by atoms with Crippen LogP contribution in [-0.4, -0.2) is 37.0 Å². The molecule has 1 heterocycles. The minimum absolute atomic E-state index is 0.224. The summed E-state index contributed by atoms with van der Waals surface area (Å²) in [4.78, 5) is 7.36. The van der Waals surface area contributed by atoms with Gasteiger partial charge in [-0.05, 0) is 74.1 Å². The van der Waals surface area contributed by atoms with Crippen molar-refractivity contribution in [1.29, 1.82) is 0 Å². The molecule has 1 saturated carbocycles. The summed E-state index contributed by atoms with van der Waals surface area (Å²) in [6, 6.07) is 6.66. The van der Waals surface area contributed by atoms with E-state index in [1.807, 2.05) is 6.07 Å². The number of hydrogen-bond acceptors (Lipinski definition) is 2. The summed E-state index contributed by atoms with van der Waals surface area (Å²) in [5.41, 5.74) is 6.66. The lowest BCUT2D eigenvalue weighted by molar-refractivity contribution is 0.212. The van der Waals surface area contributed by atoms with Crippen molar-refractivity contribution in [3.8, 4) is 0 Å². The third kappa shape index (κ3) is 5.93. The number of rotatable bonds is 4. The normalized spacial score (nSPS) is 29.6. The molecule has 27 heavy (non-hydrogen) atoms. The number of benzene rings is 1. The van der Waals surface area contributed by atoms with E-state index in [2.05, 4.69) is 24.1 Å². The molecule has 1 aliphatic heterocycles. The highest BCUT2D eigenvalue weighted by Crippen LogP contribution is 2.29. The average Bonchev–Trinajstić information content (AvgIpc) is 2.64. The van der Waals surface area contributed by atoms with Crippen LogP contribution in [0.3, 0.4) is 0 Å². The predicted octanol–water partition coefficient (Wildman–Crippen LogP) is 4.34. The molecule has 0 radical (unpaired) electrons. The van der Waals surface area contributed by atoms with Crippen LogP contribution in [0.5, 0.6) is 0 Å². The first-order valence-corrected chi connectivity index (χ1v) is 10.6. The molecule has 4 atom stereocenters. The maximum Gasteiger partial charge on any atom is 0.198 e. The second-order valence-corrected chi connectivity index (χ2v) is 8.79. The minimum Gasteiger partial charge on any atom is -0.342 e. The van der Waals surface area contributed by atoms with E-state index in [-0.39, 0.29) is 5.82 Å². The summed E-state index contributed by atoms with van der Waals surface area (Å²) in [5, 5.41) is 3.41. The number of aliphatic imine (C=N–C) groups is 1. The summed E-state index contributed by atoms with van der Waals surface area (Å²) in [5.74, 6) is 3.21. The lowest BCUT2D eigenvalue weighted by Crippen LogP contribution is -2.46. The third-order valence-corrected chi connectivity index (χ3v) is 5.97. The van der Waals surface area contributed by atoms with E-state index in [1.54, 1.807) is 6.07 Å². The van der Waals surface area contributed by atoms with Crippen molar-refractivity contribution in [1.82, 2.24) is 4.90 Å². The number of halogens is 1. The topological polar surface area (TPSA) is 53.6 Å². The molecule has 2 fully saturated rings. The molecular formula is C22H35FN4. The highest BCUT2D eigenvalue weighted by atomic mass is 19.1. The number of piperidine rings is 1. The summed E-state index contributed by atoms with van der Waals surface area (Å²) in [6.07, 6.45) is 6.18. The lowest BCUT2D eigenvalue weighted by atomic mass is 9.81. The largest absolute Gasteiger partial charge is 0.342 e. The van der Waals surface area contributed by atoms with Crippen molar-refractivity contribution in [3.05, 3.63) is 30.1 Å². The molecule has 3 rings (SSSR count). The zero-order valence-corrected chi connectivity index (χ0v) is 16.8. The Morgan fingerprint density at radius 3 is 2.63 bits per heavy atom. The van der Waals surface area contributed by atoms with Crippen LogP contribution in [0.4, 0.5) is 10.1 Å². The quantitative estimate of drug-likeness (QED) is 0.609. The molecule has 3 N–H and O–H groups in total. The molecule has 0 aromatic heterocycles. The van der Waals surface area contributed by atoms with Gasteiger partial charge in [0.15, 0.2) is 5.96 Å². The Labute approximate surface area is 163 Å². The Hall–Kier alpha value is -1.62. The van der Waals surface area contributed by atoms with Gasteiger partial charge in [0.25, 0.3) is 0 Å². The fourth-order valence-electron chi connectivity index (χ4n) is 4.75. The van der Waals surface area contributed by atoms with Crippen LogP contribution in [0, 0.1) is 29.5 Å². The van der Waals surface area contributed by atoms with Crippen molar-refractivity contribution >= 4 is 11.6 Å². The van der Waals surface area contributed by atoms with Crippen LogP contribution in [0.25, 0.3) is 0 Å². The average molecular weight is 375 g/mol. The zero-order valence-electron chi connectivity index (χ0n) is 16.8. The fraction of sp³-hybridized carbons (Fsp3) is 0.682. The molecule has 150 valence electrons. The van der Waals surface area contributed by atoms with Gasteiger partial charge in [0.2, 0.25) is 0 Å². The minimum atomic E-state index is -0.224. The monoisotopic (exact) mass is 374 g/mol. The molecule has 0 amide bonds. The number of guanidine groups is 1. The van der Waals surface area contributed by atoms with Crippen LogP contribution in [0.1, 0.15) is 46.0 Å². The van der Waals surface area contributed by atoms with Crippen molar-refractivity contribution in [3.63, 3.8) is 0 Å². The van der Waals surface area contributed by atoms with E-state index in [0.29, 0.717) is 23.7 Å². The van der Waals surface area contributed by atoms with E-state index in [0.717, 1.165) is 37.8 Å². The standard InChI is InChI=1S/C22H35FN4/c1-16-9-17(2)15-27(14-16)22(26-21-8-4-7-20(23)11-21)25-13-19-6-3-5-18(10-19)12-24/h4,7-8,11,16-19H,3,5-6,9-10,12-15,24H2,1-2H3,(H,25,26). The number of nitrogens with two attached hydrogens (primary N) is 1. The van der Waals surface area contributed by atoms with Crippen molar-refractivity contribution in [2.75, 3.05) is 31.5 Å². The van der Waals surface area contributed by atoms with Gasteiger partial charge in [-0.2, -0.15) is 0 Å². The van der Waals surface area contributed by atoms with Crippen molar-refractivity contribution in [2.24, 2.45) is 34.4 Å². The molecule has 4 unspecified atom stereocenters. The first-order chi connectivity index (χ1) is 13.0. The van der Waals surface area contributed by atoms with Gasteiger partial charge >= 0.3 is 0 Å². The molecule has 5 heteroatoms. The fourth-order valence-corrected chi connectivity index (χ4v) is 4.75. The van der Waals surface area contributed by atoms with Gasteiger partial charge in [-0.1, -0.05) is 26.3 Å². The number of nitrogens with one attached hydrogen (secondary N) is 1. The summed E-state index contributed by atoms with van der Waals surface area (Å²) >= 11 is 0. The Morgan fingerprint density at radius 2 is 1.93 bits per heavy atom. The van der Waals surface area contributed by atoms with Gasteiger partial charge in [-0.15, -0.1) is 0 Å². The molecule has 1 aliphatic carbocycles. The highest BCUT2D eigenvalue weighted by Gasteiger charge is 2.25. The number of nitrogens with zero attached hydrogens (tertiary/aromatic N) is 2. The van der Waals surface area contributed by atoms with E-state index >= 15 is 0 Å². The molecule has 4 nitrogen and oxygen atoms in total. The Kier molecular flexibility index (Phi) is 7.11. The van der Waals surface area contributed by atoms with Crippen LogP contribution >= 0.6 is 0 Å². The molecule has 1 aromatic carbocycles. The second kappa shape index (κ2) is 9.54. The molecule has 0 spiro atoms. The van der Waals surface area contributed by atoms with Gasteiger partial charge < -0.3 is 16.0 Å². The molecular weight excluding hydrogens is 339 g/mol. The molecule has 0 bridgehead atoms. The second-order valence-electron chi connectivity index (χ2n) is 8.79. The lowest BCUT2D eigenvalue weighted by Gasteiger charge is -2.37. The molecule has 1 saturated heterocycles. The van der Waals surface area contributed by atoms with Crippen LogP contribution in [0.15, 0.2) is 29.3 Å². The van der Waals surface area contributed by atoms with Gasteiger partial charge in [-0.3, -0.25) is 4.99 Å². The first kappa shape index (κ1) is 20.1. The Bertz CT molecular complexity index is 622. The van der Waals surface area contributed by atoms with Gasteiger partial charge in [0.05, 0.1) is 0 Å². The van der Waals surface area contributed by atoms with E-state index in [1.165, 1.54) is 44.2 Å². The Morgan fingerprint density at radius 1 is 1.19 bits per heavy atom. The summed E-state index contributed by atoms with van der Waals surface area (Å²) in [7, 11) is 0. The first-order valence-electron chi connectivity index (χ1n) is 10.6. The third-order valence-electron chi connectivity index (χ3n) is 5.97. The maximum atomic E-state index is 13.6. The SMILES string of the molecule is CC1CC(C)CN(C(=NCC2CCCC(CN)C2)Nc2cccc(F)c2)C1. The highest BCUT2D eigenvalue weighted by molar-refractivity contribution is 5.93. The Balaban J connectivity index is 1.74. The smallest absolute Gasteiger partial charge is 0.198 e. The van der Waals surface area contributed by atoms with Crippen molar-refractivity contribution in [2.45, 2.75) is 46.0 Å². The van der Waals surface area contributed by atoms with Gasteiger partial charge in [0, 0.05) is 25.3 Å². The van der Waals surface area contributed by atoms with Crippen LogP contribution in [0.2, 0.25) is 0 Å². The maximum absolute atomic E-state index is 13.6.